The highest BCUT2D eigenvalue weighted by molar-refractivity contribution is 7.88. The number of nitrogens with two attached hydrogens (primary N) is 1. The highest BCUT2D eigenvalue weighted by Crippen LogP contribution is 2.29. The van der Waals surface area contributed by atoms with Gasteiger partial charge in [-0.3, -0.25) is 0 Å². The Morgan fingerprint density at radius 2 is 1.73 bits per heavy atom. The van der Waals surface area contributed by atoms with Gasteiger partial charge in [-0.2, -0.15) is 4.98 Å². The Morgan fingerprint density at radius 1 is 1.00 bits per heavy atom. The van der Waals surface area contributed by atoms with Crippen LogP contribution in [0, 0.1) is 0 Å². The summed E-state index contributed by atoms with van der Waals surface area (Å²) in [6, 6.07) is 25.3. The number of fused-ring (bicyclic) bond motifs is 1. The zero-order valence-electron chi connectivity index (χ0n) is 22.3. The van der Waals surface area contributed by atoms with Crippen molar-refractivity contribution in [2.75, 3.05) is 22.6 Å². The molecule has 10 nitrogen and oxygen atoms in total. The molecule has 0 amide bonds. The van der Waals surface area contributed by atoms with Crippen LogP contribution in [0.15, 0.2) is 85.1 Å². The highest BCUT2D eigenvalue weighted by Gasteiger charge is 2.14. The number of benzene rings is 3. The lowest BCUT2D eigenvalue weighted by molar-refractivity contribution is 0.597. The van der Waals surface area contributed by atoms with Gasteiger partial charge in [-0.15, -0.1) is 12.4 Å². The lowest BCUT2D eigenvalue weighted by atomic mass is 10.1. The monoisotopic (exact) mass is 578 g/mol. The quantitative estimate of drug-likeness (QED) is 0.216. The first-order valence-electron chi connectivity index (χ1n) is 12.4. The third kappa shape index (κ3) is 6.68. The maximum absolute atomic E-state index is 11.3. The first kappa shape index (κ1) is 28.8. The van der Waals surface area contributed by atoms with Crippen molar-refractivity contribution in [3.05, 3.63) is 96.2 Å². The molecule has 12 heteroatoms. The molecule has 0 aliphatic heterocycles. The Kier molecular flexibility index (Phi) is 8.58. The molecule has 0 bridgehead atoms. The van der Waals surface area contributed by atoms with Crippen LogP contribution in [0.3, 0.4) is 0 Å². The topological polar surface area (TPSA) is 131 Å². The van der Waals surface area contributed by atoms with E-state index < -0.39 is 10.0 Å². The third-order valence-corrected chi connectivity index (χ3v) is 7.20. The minimum absolute atomic E-state index is 0. The maximum atomic E-state index is 11.3. The van der Waals surface area contributed by atoms with Crippen molar-refractivity contribution in [2.24, 2.45) is 12.2 Å². The lowest BCUT2D eigenvalue weighted by Gasteiger charge is -2.19. The van der Waals surface area contributed by atoms with Crippen molar-refractivity contribution in [1.29, 1.82) is 0 Å². The van der Waals surface area contributed by atoms with Crippen LogP contribution in [0.1, 0.15) is 24.1 Å². The predicted molar refractivity (Wildman–Crippen MR) is 163 cm³/mol. The van der Waals surface area contributed by atoms with E-state index in [1.165, 1.54) is 5.56 Å². The smallest absolute Gasteiger partial charge is 0.229 e. The number of rotatable bonds is 9. The summed E-state index contributed by atoms with van der Waals surface area (Å²) in [5.41, 5.74) is 5.35. The Hall–Kier alpha value is -4.19. The lowest BCUT2D eigenvalue weighted by Crippen LogP contribution is -2.14. The Morgan fingerprint density at radius 3 is 2.42 bits per heavy atom. The minimum atomic E-state index is -3.58. The Bertz CT molecular complexity index is 1710. The first-order valence-corrected chi connectivity index (χ1v) is 14.1. The second-order valence-corrected chi connectivity index (χ2v) is 11.0. The summed E-state index contributed by atoms with van der Waals surface area (Å²) < 4.78 is 24.7. The molecule has 2 heterocycles. The van der Waals surface area contributed by atoms with Crippen molar-refractivity contribution >= 4 is 62.6 Å². The number of hydrogen-bond donors (Lipinski definition) is 3. The highest BCUT2D eigenvalue weighted by atomic mass is 35.5. The molecule has 0 radical (unpaired) electrons. The van der Waals surface area contributed by atoms with Crippen molar-refractivity contribution in [2.45, 2.75) is 18.7 Å². The van der Waals surface area contributed by atoms with E-state index in [2.05, 4.69) is 50.3 Å². The van der Waals surface area contributed by atoms with Gasteiger partial charge in [-0.05, 0) is 54.4 Å². The predicted octanol–water partition coefficient (Wildman–Crippen LogP) is 5.26. The van der Waals surface area contributed by atoms with Crippen LogP contribution in [0.4, 0.5) is 29.1 Å². The van der Waals surface area contributed by atoms with Crippen LogP contribution >= 0.6 is 12.4 Å². The fourth-order valence-corrected chi connectivity index (χ4v) is 4.98. The van der Waals surface area contributed by atoms with Crippen LogP contribution in [0.25, 0.3) is 11.0 Å². The van der Waals surface area contributed by atoms with Gasteiger partial charge < -0.3 is 20.1 Å². The number of primary sulfonamides is 1. The second-order valence-electron chi connectivity index (χ2n) is 9.37. The molecule has 0 spiro atoms. The van der Waals surface area contributed by atoms with E-state index in [1.54, 1.807) is 30.5 Å². The van der Waals surface area contributed by atoms with E-state index in [0.717, 1.165) is 28.4 Å². The van der Waals surface area contributed by atoms with Crippen LogP contribution in [0.2, 0.25) is 0 Å². The fraction of sp³-hybridized carbons (Fsp3) is 0.179. The van der Waals surface area contributed by atoms with Gasteiger partial charge in [0.05, 0.1) is 22.8 Å². The summed E-state index contributed by atoms with van der Waals surface area (Å²) in [5, 5.41) is 11.8. The number of hydrogen-bond acceptors (Lipinski definition) is 8. The molecule has 3 aromatic carbocycles. The molecule has 2 aromatic heterocycles. The molecule has 1 atom stereocenters. The van der Waals surface area contributed by atoms with Gasteiger partial charge in [0.25, 0.3) is 0 Å². The zero-order chi connectivity index (χ0) is 27.6. The van der Waals surface area contributed by atoms with Crippen LogP contribution in [-0.4, -0.2) is 35.0 Å². The van der Waals surface area contributed by atoms with Crippen molar-refractivity contribution in [3.63, 3.8) is 0 Å². The van der Waals surface area contributed by atoms with Crippen LogP contribution in [-0.2, 0) is 22.8 Å². The standard InChI is InChI=1S/C28H30N8O2S.ClH/c1-19(21-7-5-4-6-8-21)31-28-33-24-17-23(13-14-25(24)36(28)3)35(2)26-15-16-30-27(34-26)32-22-11-9-20(10-12-22)18-39(29,37)38;/h4-17,19H,18H2,1-3H3,(H,31,33)(H2,29,37,38)(H,30,32,34);1H. The van der Waals surface area contributed by atoms with Crippen molar-refractivity contribution < 1.29 is 8.42 Å². The molecule has 5 rings (SSSR count). The molecule has 208 valence electrons. The van der Waals surface area contributed by atoms with Gasteiger partial charge in [-0.1, -0.05) is 42.5 Å². The largest absolute Gasteiger partial charge is 0.349 e. The van der Waals surface area contributed by atoms with E-state index in [-0.39, 0.29) is 24.2 Å². The summed E-state index contributed by atoms with van der Waals surface area (Å²) in [5.74, 6) is 1.70. The zero-order valence-corrected chi connectivity index (χ0v) is 23.9. The molecular weight excluding hydrogens is 548 g/mol. The van der Waals surface area contributed by atoms with E-state index in [0.29, 0.717) is 17.3 Å². The number of sulfonamides is 1. The number of imidazole rings is 1. The van der Waals surface area contributed by atoms with E-state index >= 15 is 0 Å². The van der Waals surface area contributed by atoms with Crippen molar-refractivity contribution in [1.82, 2.24) is 19.5 Å². The van der Waals surface area contributed by atoms with Crippen LogP contribution < -0.4 is 20.7 Å². The van der Waals surface area contributed by atoms with E-state index in [4.69, 9.17) is 10.1 Å². The van der Waals surface area contributed by atoms with Gasteiger partial charge in [0, 0.05) is 31.7 Å². The van der Waals surface area contributed by atoms with E-state index in [1.807, 2.05) is 55.4 Å². The Balaban J connectivity index is 0.00000370. The molecule has 0 saturated heterocycles. The first-order chi connectivity index (χ1) is 18.7. The van der Waals surface area contributed by atoms with Gasteiger partial charge in [-0.25, -0.2) is 23.5 Å². The molecule has 5 aromatic rings. The molecular formula is C28H31ClN8O2S. The van der Waals surface area contributed by atoms with E-state index in [9.17, 15) is 8.42 Å². The van der Waals surface area contributed by atoms with Crippen molar-refractivity contribution in [3.8, 4) is 0 Å². The summed E-state index contributed by atoms with van der Waals surface area (Å²) >= 11 is 0. The summed E-state index contributed by atoms with van der Waals surface area (Å²) in [6.07, 6.45) is 1.68. The maximum Gasteiger partial charge on any atom is 0.229 e. The third-order valence-electron chi connectivity index (χ3n) is 6.46. The van der Waals surface area contributed by atoms with Gasteiger partial charge in [0.1, 0.15) is 5.82 Å². The molecule has 0 saturated carbocycles. The molecule has 0 aliphatic rings. The average Bonchev–Trinajstić information content (AvgIpc) is 3.23. The number of aryl methyl sites for hydroxylation is 1. The number of nitrogens with zero attached hydrogens (tertiary/aromatic N) is 5. The molecule has 40 heavy (non-hydrogen) atoms. The summed E-state index contributed by atoms with van der Waals surface area (Å²) in [6.45, 7) is 2.12. The summed E-state index contributed by atoms with van der Waals surface area (Å²) in [4.78, 5) is 15.8. The molecule has 0 fully saturated rings. The molecule has 1 unspecified atom stereocenters. The second kappa shape index (κ2) is 11.9. The number of halogens is 1. The van der Waals surface area contributed by atoms with Gasteiger partial charge in [0.2, 0.25) is 21.9 Å². The Labute approximate surface area is 239 Å². The number of nitrogens with one attached hydrogen (secondary N) is 2. The fourth-order valence-electron chi connectivity index (χ4n) is 4.32. The summed E-state index contributed by atoms with van der Waals surface area (Å²) in [7, 11) is 0.360. The number of anilines is 5. The molecule has 0 aliphatic carbocycles. The molecule has 4 N–H and O–H groups in total. The van der Waals surface area contributed by atoms with Gasteiger partial charge in [0.15, 0.2) is 0 Å². The number of aromatic nitrogens is 4. The minimum Gasteiger partial charge on any atom is -0.349 e. The van der Waals surface area contributed by atoms with Gasteiger partial charge >= 0.3 is 0 Å². The average molecular weight is 579 g/mol. The normalized spacial score (nSPS) is 12.0. The SMILES string of the molecule is CC(Nc1nc2cc(N(C)c3ccnc(Nc4ccc(CS(N)(=O)=O)cc4)n3)ccc2n1C)c1ccccc1.Cl. The van der Waals surface area contributed by atoms with Crippen LogP contribution in [0.5, 0.6) is 0 Å².